The Morgan fingerprint density at radius 3 is 2.06 bits per heavy atom. The molecular weight excluding hydrogens is 491 g/mol. The lowest BCUT2D eigenvalue weighted by molar-refractivity contribution is -0.383. The zero-order valence-electron chi connectivity index (χ0n) is 18.0. The molecule has 4 aromatic rings. The predicted molar refractivity (Wildman–Crippen MR) is 135 cm³/mol. The smallest absolute Gasteiger partial charge is 0.333 e. The van der Waals surface area contributed by atoms with Crippen molar-refractivity contribution in [2.24, 2.45) is 0 Å². The number of nitrogens with one attached hydrogen (secondary N) is 3. The van der Waals surface area contributed by atoms with Crippen molar-refractivity contribution in [1.82, 2.24) is 15.4 Å². The number of carbonyl (C=O) groups is 1. The number of aromatic nitrogens is 2. The van der Waals surface area contributed by atoms with Gasteiger partial charge in [-0.3, -0.25) is 25.8 Å². The first kappa shape index (κ1) is 23.9. The molecule has 0 aliphatic carbocycles. The van der Waals surface area contributed by atoms with Crippen LogP contribution in [0.2, 0.25) is 10.0 Å². The third kappa shape index (κ3) is 5.65. The fourth-order valence-electron chi connectivity index (χ4n) is 3.43. The van der Waals surface area contributed by atoms with Gasteiger partial charge in [0.25, 0.3) is 0 Å². The molecule has 176 valence electrons. The van der Waals surface area contributed by atoms with E-state index in [2.05, 4.69) is 26.1 Å². The molecule has 1 aromatic heterocycles. The summed E-state index contributed by atoms with van der Waals surface area (Å²) in [5, 5.41) is 15.4. The van der Waals surface area contributed by atoms with Gasteiger partial charge in [-0.05, 0) is 29.3 Å². The number of benzene rings is 3. The van der Waals surface area contributed by atoms with E-state index < -0.39 is 22.4 Å². The summed E-state index contributed by atoms with van der Waals surface area (Å²) in [4.78, 5) is 32.3. The minimum atomic E-state index is -0.660. The molecule has 0 atom stereocenters. The Morgan fingerprint density at radius 1 is 0.886 bits per heavy atom. The average molecular weight is 509 g/mol. The van der Waals surface area contributed by atoms with E-state index in [0.717, 1.165) is 17.5 Å². The monoisotopic (exact) mass is 508 g/mol. The number of nitrogens with zero attached hydrogens (tertiary/aromatic N) is 3. The molecule has 3 N–H and O–H groups in total. The first-order chi connectivity index (χ1) is 16.9. The van der Waals surface area contributed by atoms with Crippen LogP contribution in [0.3, 0.4) is 0 Å². The molecule has 0 spiro atoms. The van der Waals surface area contributed by atoms with E-state index in [1.54, 1.807) is 12.1 Å². The largest absolute Gasteiger partial charge is 0.355 e. The van der Waals surface area contributed by atoms with Crippen molar-refractivity contribution < 1.29 is 9.72 Å². The maximum atomic E-state index is 13.2. The third-order valence-corrected chi connectivity index (χ3v) is 5.57. The Balaban J connectivity index is 1.60. The number of nitro groups is 1. The second-order valence-corrected chi connectivity index (χ2v) is 8.14. The number of amides is 1. The van der Waals surface area contributed by atoms with Crippen LogP contribution in [0.5, 0.6) is 0 Å². The Hall–Kier alpha value is -4.21. The third-order valence-electron chi connectivity index (χ3n) is 5.02. The van der Waals surface area contributed by atoms with Crippen molar-refractivity contribution in [3.8, 4) is 0 Å². The van der Waals surface area contributed by atoms with Crippen LogP contribution < -0.4 is 16.2 Å². The molecule has 0 radical (unpaired) electrons. The molecule has 35 heavy (non-hydrogen) atoms. The van der Waals surface area contributed by atoms with Gasteiger partial charge in [0, 0.05) is 5.02 Å². The van der Waals surface area contributed by atoms with E-state index in [-0.39, 0.29) is 16.7 Å². The van der Waals surface area contributed by atoms with Gasteiger partial charge in [-0.15, -0.1) is 0 Å². The first-order valence-electron chi connectivity index (χ1n) is 10.3. The van der Waals surface area contributed by atoms with E-state index in [9.17, 15) is 14.9 Å². The average Bonchev–Trinajstić information content (AvgIpc) is 2.86. The van der Waals surface area contributed by atoms with Crippen molar-refractivity contribution in [2.45, 2.75) is 5.92 Å². The number of rotatable bonds is 8. The second-order valence-electron chi connectivity index (χ2n) is 7.29. The number of hydrazine groups is 1. The summed E-state index contributed by atoms with van der Waals surface area (Å²) >= 11 is 12.1. The summed E-state index contributed by atoms with van der Waals surface area (Å²) in [5.41, 5.74) is 6.53. The van der Waals surface area contributed by atoms with Crippen LogP contribution in [0.4, 0.5) is 23.0 Å². The van der Waals surface area contributed by atoms with Crippen LogP contribution in [0.1, 0.15) is 17.0 Å². The Morgan fingerprint density at radius 2 is 1.49 bits per heavy atom. The lowest BCUT2D eigenvalue weighted by atomic mass is 9.91. The lowest BCUT2D eigenvalue weighted by Gasteiger charge is -2.18. The molecule has 4 rings (SSSR count). The van der Waals surface area contributed by atoms with Crippen molar-refractivity contribution in [2.75, 3.05) is 10.7 Å². The lowest BCUT2D eigenvalue weighted by Crippen LogP contribution is -2.35. The van der Waals surface area contributed by atoms with E-state index in [4.69, 9.17) is 23.2 Å². The minimum Gasteiger partial charge on any atom is -0.333 e. The fourth-order valence-corrected chi connectivity index (χ4v) is 3.89. The number of anilines is 3. The molecule has 0 saturated carbocycles. The maximum absolute atomic E-state index is 13.2. The van der Waals surface area contributed by atoms with E-state index >= 15 is 0 Å². The summed E-state index contributed by atoms with van der Waals surface area (Å²) in [6.07, 6.45) is 1.12. The summed E-state index contributed by atoms with van der Waals surface area (Å²) in [6.45, 7) is 0. The van der Waals surface area contributed by atoms with Gasteiger partial charge in [0.2, 0.25) is 17.5 Å². The molecule has 0 saturated heterocycles. The quantitative estimate of drug-likeness (QED) is 0.205. The molecule has 0 bridgehead atoms. The fraction of sp³-hybridized carbons (Fsp3) is 0.0417. The molecule has 0 unspecified atom stereocenters. The van der Waals surface area contributed by atoms with Gasteiger partial charge in [-0.25, -0.2) is 9.97 Å². The van der Waals surface area contributed by atoms with Gasteiger partial charge in [0.05, 0.1) is 21.6 Å². The zero-order valence-corrected chi connectivity index (χ0v) is 19.5. The number of hydrogen-bond donors (Lipinski definition) is 3. The topological polar surface area (TPSA) is 122 Å². The van der Waals surface area contributed by atoms with Crippen molar-refractivity contribution in [3.05, 3.63) is 116 Å². The van der Waals surface area contributed by atoms with E-state index in [0.29, 0.717) is 10.7 Å². The molecule has 11 heteroatoms. The first-order valence-corrected chi connectivity index (χ1v) is 11.1. The normalized spacial score (nSPS) is 10.6. The van der Waals surface area contributed by atoms with Crippen LogP contribution in [0.15, 0.2) is 85.2 Å². The van der Waals surface area contributed by atoms with Gasteiger partial charge in [-0.1, -0.05) is 83.9 Å². The molecule has 0 aliphatic rings. The highest BCUT2D eigenvalue weighted by molar-refractivity contribution is 6.36. The van der Waals surface area contributed by atoms with Gasteiger partial charge >= 0.3 is 5.69 Å². The minimum absolute atomic E-state index is 0.117. The van der Waals surface area contributed by atoms with E-state index in [1.165, 1.54) is 6.07 Å². The van der Waals surface area contributed by atoms with Crippen LogP contribution in [-0.2, 0) is 4.79 Å². The van der Waals surface area contributed by atoms with Gasteiger partial charge in [-0.2, -0.15) is 0 Å². The highest BCUT2D eigenvalue weighted by atomic mass is 35.5. The van der Waals surface area contributed by atoms with Gasteiger partial charge < -0.3 is 5.32 Å². The Labute approximate surface area is 210 Å². The SMILES string of the molecule is O=C(NNc1ncnc(Nc2ccc(Cl)cc2Cl)c1[N+](=O)[O-])C(c1ccccc1)c1ccccc1. The summed E-state index contributed by atoms with van der Waals surface area (Å²) in [5.74, 6) is -1.40. The Kier molecular flexibility index (Phi) is 7.39. The van der Waals surface area contributed by atoms with Crippen LogP contribution in [-0.4, -0.2) is 20.8 Å². The standard InChI is InChI=1S/C24H18Cl2N6O3/c25-17-11-12-19(18(26)13-17)29-22-21(32(34)35)23(28-14-27-22)30-31-24(33)20(15-7-3-1-4-8-15)16-9-5-2-6-10-16/h1-14,20H,(H,31,33)(H2,27,28,29,30). The molecule has 1 amide bonds. The molecule has 9 nitrogen and oxygen atoms in total. The zero-order chi connectivity index (χ0) is 24.8. The van der Waals surface area contributed by atoms with Crippen molar-refractivity contribution in [3.63, 3.8) is 0 Å². The van der Waals surface area contributed by atoms with Crippen LogP contribution >= 0.6 is 23.2 Å². The Bertz CT molecular complexity index is 1320. The molecule has 0 fully saturated rings. The van der Waals surface area contributed by atoms with Crippen LogP contribution in [0.25, 0.3) is 0 Å². The number of halogens is 2. The van der Waals surface area contributed by atoms with Gasteiger partial charge in [0.1, 0.15) is 6.33 Å². The summed E-state index contributed by atoms with van der Waals surface area (Å²) in [6, 6.07) is 23.0. The highest BCUT2D eigenvalue weighted by Crippen LogP contribution is 2.34. The summed E-state index contributed by atoms with van der Waals surface area (Å²) in [7, 11) is 0. The predicted octanol–water partition coefficient (Wildman–Crippen LogP) is 5.71. The summed E-state index contributed by atoms with van der Waals surface area (Å²) < 4.78 is 0. The molecular formula is C24H18Cl2N6O3. The highest BCUT2D eigenvalue weighted by Gasteiger charge is 2.26. The van der Waals surface area contributed by atoms with Crippen molar-refractivity contribution in [1.29, 1.82) is 0 Å². The van der Waals surface area contributed by atoms with E-state index in [1.807, 2.05) is 60.7 Å². The molecule has 1 heterocycles. The molecule has 3 aromatic carbocycles. The second kappa shape index (κ2) is 10.8. The maximum Gasteiger partial charge on any atom is 0.355 e. The van der Waals surface area contributed by atoms with Gasteiger partial charge in [0.15, 0.2) is 0 Å². The molecule has 0 aliphatic heterocycles. The van der Waals surface area contributed by atoms with Crippen LogP contribution in [0, 0.1) is 10.1 Å². The van der Waals surface area contributed by atoms with Crippen molar-refractivity contribution >= 4 is 52.1 Å². The number of hydrogen-bond acceptors (Lipinski definition) is 7. The number of carbonyl (C=O) groups excluding carboxylic acids is 1.